The highest BCUT2D eigenvalue weighted by atomic mass is 16.6. The third-order valence-corrected chi connectivity index (χ3v) is 5.37. The first kappa shape index (κ1) is 20.2. The van der Waals surface area contributed by atoms with Crippen LogP contribution in [0.25, 0.3) is 0 Å². The molecule has 2 aromatic rings. The number of rotatable bonds is 5. The fourth-order valence-electron chi connectivity index (χ4n) is 3.79. The molecule has 0 radical (unpaired) electrons. The number of amides is 1. The van der Waals surface area contributed by atoms with E-state index in [0.717, 1.165) is 0 Å². The number of likely N-dealkylation sites (tertiary alicyclic amines) is 1. The van der Waals surface area contributed by atoms with Crippen LogP contribution in [-0.4, -0.2) is 62.7 Å². The second-order valence-electron chi connectivity index (χ2n) is 7.53. The van der Waals surface area contributed by atoms with Gasteiger partial charge < -0.3 is 45.0 Å². The number of fused-ring (bicyclic) bond motifs is 1. The number of H-pyrrole nitrogens is 1. The lowest BCUT2D eigenvalue weighted by molar-refractivity contribution is -0.255. The van der Waals surface area contributed by atoms with Crippen molar-refractivity contribution in [1.29, 1.82) is 0 Å². The van der Waals surface area contributed by atoms with Crippen LogP contribution in [-0.2, 0) is 11.2 Å². The zero-order valence-corrected chi connectivity index (χ0v) is 16.0. The number of nitrogens with one attached hydrogen (secondary N) is 1. The molecule has 12 heteroatoms. The third kappa shape index (κ3) is 3.84. The number of aromatic nitrogens is 2. The van der Waals surface area contributed by atoms with Crippen LogP contribution in [0.4, 0.5) is 0 Å². The molecule has 5 N–H and O–H groups in total. The van der Waals surface area contributed by atoms with Crippen molar-refractivity contribution in [3.05, 3.63) is 41.5 Å². The summed E-state index contributed by atoms with van der Waals surface area (Å²) in [6.07, 6.45) is 3.14. The largest absolute Gasteiger partial charge is 0.669 e. The molecular weight excluding hydrogens is 395 g/mol. The number of nitrogens with zero attached hydrogens (tertiary/aromatic N) is 2. The van der Waals surface area contributed by atoms with E-state index >= 15 is 0 Å². The van der Waals surface area contributed by atoms with E-state index < -0.39 is 24.9 Å². The van der Waals surface area contributed by atoms with E-state index in [1.165, 1.54) is 18.6 Å². The number of aromatic carboxylic acids is 1. The summed E-state index contributed by atoms with van der Waals surface area (Å²) in [5.74, 6) is -2.02. The van der Waals surface area contributed by atoms with E-state index in [1.54, 1.807) is 11.0 Å². The van der Waals surface area contributed by atoms with Gasteiger partial charge >= 0.3 is 6.75 Å². The van der Waals surface area contributed by atoms with Crippen LogP contribution in [0, 0.1) is 0 Å². The molecule has 1 aromatic carbocycles. The maximum absolute atomic E-state index is 12.6. The molecule has 11 nitrogen and oxygen atoms in total. The Morgan fingerprint density at radius 1 is 1.43 bits per heavy atom. The topological polar surface area (TPSA) is 174 Å². The minimum atomic E-state index is -3.14. The standard InChI is InChI=1S/C18H22BN4O7/c20-15(12-7-21-9-22-12)17(24)23-6-4-11(8-23)29-13-2-1-10-3-5-19(27,28)30-16(10)14(13)18(25)26/h1-2,7,9,11,15,27-28H,3-6,8,20H2,(H,21,22)(H,25,26)/q-1/p-1/t11-,15?/m1/s1. The first-order chi connectivity index (χ1) is 14.2. The molecule has 0 saturated carbocycles. The van der Waals surface area contributed by atoms with Crippen LogP contribution in [0.15, 0.2) is 24.7 Å². The van der Waals surface area contributed by atoms with Crippen molar-refractivity contribution in [3.8, 4) is 11.5 Å². The van der Waals surface area contributed by atoms with Gasteiger partial charge in [-0.15, -0.1) is 0 Å². The van der Waals surface area contributed by atoms with Gasteiger partial charge in [-0.25, -0.2) is 4.98 Å². The van der Waals surface area contributed by atoms with Gasteiger partial charge in [-0.1, -0.05) is 12.4 Å². The number of carbonyl (C=O) groups excluding carboxylic acids is 2. The predicted molar refractivity (Wildman–Crippen MR) is 101 cm³/mol. The number of carbonyl (C=O) groups is 2. The molecule has 1 fully saturated rings. The number of aromatic amines is 1. The predicted octanol–water partition coefficient (Wildman–Crippen LogP) is -1.69. The first-order valence-electron chi connectivity index (χ1n) is 9.61. The quantitative estimate of drug-likeness (QED) is 0.415. The van der Waals surface area contributed by atoms with Gasteiger partial charge in [0.25, 0.3) is 0 Å². The maximum Gasteiger partial charge on any atom is 0.430 e. The van der Waals surface area contributed by atoms with E-state index in [2.05, 4.69) is 9.97 Å². The molecule has 0 bridgehead atoms. The average Bonchev–Trinajstić information content (AvgIpc) is 3.37. The van der Waals surface area contributed by atoms with Crippen LogP contribution >= 0.6 is 0 Å². The van der Waals surface area contributed by atoms with Gasteiger partial charge in [0, 0.05) is 13.0 Å². The zero-order chi connectivity index (χ0) is 21.5. The monoisotopic (exact) mass is 416 g/mol. The van der Waals surface area contributed by atoms with Crippen molar-refractivity contribution in [2.45, 2.75) is 31.3 Å². The van der Waals surface area contributed by atoms with Crippen molar-refractivity contribution < 1.29 is 34.1 Å². The highest BCUT2D eigenvalue weighted by molar-refractivity contribution is 6.59. The summed E-state index contributed by atoms with van der Waals surface area (Å²) in [5, 5.41) is 31.4. The lowest BCUT2D eigenvalue weighted by Crippen LogP contribution is -2.46. The number of hydrogen-bond acceptors (Lipinski definition) is 9. The molecule has 1 amide bonds. The summed E-state index contributed by atoms with van der Waals surface area (Å²) in [4.78, 5) is 32.6. The average molecular weight is 416 g/mol. The van der Waals surface area contributed by atoms with Gasteiger partial charge in [-0.3, -0.25) is 4.79 Å². The van der Waals surface area contributed by atoms with Crippen LogP contribution in [0.2, 0.25) is 6.32 Å². The molecule has 2 atom stereocenters. The van der Waals surface area contributed by atoms with Gasteiger partial charge in [0.05, 0.1) is 42.0 Å². The summed E-state index contributed by atoms with van der Waals surface area (Å²) >= 11 is 0. The van der Waals surface area contributed by atoms with Gasteiger partial charge in [0.2, 0.25) is 5.91 Å². The van der Waals surface area contributed by atoms with Gasteiger partial charge in [-0.05, 0) is 18.1 Å². The van der Waals surface area contributed by atoms with Gasteiger partial charge in [-0.2, -0.15) is 0 Å². The fraction of sp³-hybridized carbons (Fsp3) is 0.389. The number of aryl methyl sites for hydroxylation is 1. The Morgan fingerprint density at radius 2 is 2.23 bits per heavy atom. The normalized spacial score (nSPS) is 20.9. The molecule has 2 aliphatic rings. The summed E-state index contributed by atoms with van der Waals surface area (Å²) in [7, 11) is 0. The highest BCUT2D eigenvalue weighted by Crippen LogP contribution is 2.38. The molecule has 1 saturated heterocycles. The second kappa shape index (κ2) is 7.63. The van der Waals surface area contributed by atoms with E-state index in [0.29, 0.717) is 24.2 Å². The van der Waals surface area contributed by atoms with Gasteiger partial charge in [0.15, 0.2) is 0 Å². The number of imidazole rings is 1. The summed E-state index contributed by atoms with van der Waals surface area (Å²) in [6.45, 7) is -2.53. The van der Waals surface area contributed by atoms with Crippen molar-refractivity contribution in [2.24, 2.45) is 5.73 Å². The molecule has 0 aliphatic carbocycles. The Kier molecular flexibility index (Phi) is 5.14. The van der Waals surface area contributed by atoms with Crippen molar-refractivity contribution in [1.82, 2.24) is 14.9 Å². The van der Waals surface area contributed by atoms with Crippen LogP contribution in [0.1, 0.15) is 34.1 Å². The van der Waals surface area contributed by atoms with Gasteiger partial charge in [0.1, 0.15) is 17.9 Å². The molecule has 30 heavy (non-hydrogen) atoms. The Balaban J connectivity index is 1.50. The second-order valence-corrected chi connectivity index (χ2v) is 7.53. The highest BCUT2D eigenvalue weighted by Gasteiger charge is 2.34. The SMILES string of the molecule is NC(C(=O)N1CC[C@@H](Oc2ccc3c(c2C(=O)[O-])O[B-](O)(O)CC3)C1)c1cnc[nH]1. The lowest BCUT2D eigenvalue weighted by atomic mass is 9.70. The molecule has 160 valence electrons. The first-order valence-corrected chi connectivity index (χ1v) is 9.61. The van der Waals surface area contributed by atoms with Crippen molar-refractivity contribution >= 4 is 18.6 Å². The minimum Gasteiger partial charge on any atom is -0.669 e. The summed E-state index contributed by atoms with van der Waals surface area (Å²) in [6, 6.07) is 2.23. The van der Waals surface area contributed by atoms with Crippen molar-refractivity contribution in [2.75, 3.05) is 13.1 Å². The molecule has 2 aliphatic heterocycles. The molecular formula is C18H21BN4O7-2. The van der Waals surface area contributed by atoms with Crippen LogP contribution < -0.4 is 20.2 Å². The summed E-state index contributed by atoms with van der Waals surface area (Å²) in [5.41, 5.74) is 6.62. The number of benzene rings is 1. The van der Waals surface area contributed by atoms with E-state index in [-0.39, 0.29) is 42.3 Å². The lowest BCUT2D eigenvalue weighted by Gasteiger charge is -2.38. The molecule has 3 heterocycles. The number of hydrogen-bond donors (Lipinski definition) is 4. The van der Waals surface area contributed by atoms with E-state index in [1.807, 2.05) is 0 Å². The fourth-order valence-corrected chi connectivity index (χ4v) is 3.79. The Morgan fingerprint density at radius 3 is 2.93 bits per heavy atom. The van der Waals surface area contributed by atoms with Crippen molar-refractivity contribution in [3.63, 3.8) is 0 Å². The summed E-state index contributed by atoms with van der Waals surface area (Å²) < 4.78 is 11.0. The molecule has 1 unspecified atom stereocenters. The molecule has 1 aromatic heterocycles. The number of ether oxygens (including phenoxy) is 1. The van der Waals surface area contributed by atoms with Crippen LogP contribution in [0.5, 0.6) is 11.5 Å². The van der Waals surface area contributed by atoms with Crippen LogP contribution in [0.3, 0.4) is 0 Å². The maximum atomic E-state index is 12.6. The van der Waals surface area contributed by atoms with E-state index in [4.69, 9.17) is 15.1 Å². The molecule has 4 rings (SSSR count). The molecule has 0 spiro atoms. The number of nitrogens with two attached hydrogens (primary N) is 1. The Hall–Kier alpha value is -3.09. The minimum absolute atomic E-state index is 0.0144. The Bertz CT molecular complexity index is 966. The number of carboxylic acid groups (broad SMARTS) is 1. The smallest absolute Gasteiger partial charge is 0.430 e. The van der Waals surface area contributed by atoms with E-state index in [9.17, 15) is 24.7 Å². The third-order valence-electron chi connectivity index (χ3n) is 5.37. The number of carboxylic acids is 1. The zero-order valence-electron chi connectivity index (χ0n) is 16.0. The Labute approximate surface area is 171 Å².